The molecule has 1 heterocycles. The minimum atomic E-state index is -0.965. The van der Waals surface area contributed by atoms with E-state index in [-0.39, 0.29) is 16.8 Å². The molecule has 1 saturated heterocycles. The van der Waals surface area contributed by atoms with Crippen molar-refractivity contribution in [3.63, 3.8) is 0 Å². The second kappa shape index (κ2) is 6.36. The molecule has 0 aromatic carbocycles. The lowest BCUT2D eigenvalue weighted by Crippen LogP contribution is -2.38. The minimum Gasteiger partial charge on any atom is -0.309 e. The molecule has 3 amide bonds. The van der Waals surface area contributed by atoms with E-state index in [1.165, 1.54) is 4.90 Å². The van der Waals surface area contributed by atoms with Crippen molar-refractivity contribution in [3.8, 4) is 0 Å². The molecule has 0 spiro atoms. The number of imide groups is 1. The zero-order valence-corrected chi connectivity index (χ0v) is 13.8. The lowest BCUT2D eigenvalue weighted by atomic mass is 10.3. The Hall–Kier alpha value is -0.410. The molecule has 0 bridgehead atoms. The van der Waals surface area contributed by atoms with E-state index < -0.39 is 5.02 Å². The van der Waals surface area contributed by atoms with Crippen molar-refractivity contribution < 1.29 is 9.59 Å². The van der Waals surface area contributed by atoms with Crippen LogP contribution in [0.3, 0.4) is 0 Å². The summed E-state index contributed by atoms with van der Waals surface area (Å²) in [6.45, 7) is 4.95. The van der Waals surface area contributed by atoms with Crippen LogP contribution >= 0.6 is 29.0 Å². The molecule has 0 radical (unpaired) electrons. The number of carbonyl (C=O) groups is 2. The zero-order valence-electron chi connectivity index (χ0n) is 11.1. The number of urea groups is 1. The molecule has 0 aromatic heterocycles. The predicted octanol–water partition coefficient (Wildman–Crippen LogP) is 1.59. The second-order valence-corrected chi connectivity index (χ2v) is 8.16. The van der Waals surface area contributed by atoms with E-state index in [2.05, 4.69) is 35.9 Å². The van der Waals surface area contributed by atoms with Crippen LogP contribution in [0.2, 0.25) is 0 Å². The van der Waals surface area contributed by atoms with Crippen molar-refractivity contribution in [2.45, 2.75) is 30.2 Å². The molecule has 0 atom stereocenters. The van der Waals surface area contributed by atoms with Crippen molar-refractivity contribution in [1.82, 2.24) is 15.5 Å². The maximum atomic E-state index is 12.2. The standard InChI is InChI=1S/C11H19N3O2P2S/c1-10(2,19)12-6-5-7-14-8(15)11(17-3,18-4)13-9(14)16/h12,19H,3-7H2,1-2H3,(H,13,16). The molecule has 8 heteroatoms. The van der Waals surface area contributed by atoms with Crippen LogP contribution in [-0.4, -0.2) is 52.4 Å². The lowest BCUT2D eigenvalue weighted by Gasteiger charge is -2.20. The summed E-state index contributed by atoms with van der Waals surface area (Å²) < 4.78 is 0. The van der Waals surface area contributed by atoms with E-state index in [0.717, 1.165) is 0 Å². The number of thiol groups is 1. The SMILES string of the molecule is C=PC1(P=C)NC(=O)N(CCCNC(C)(C)S)C1=O. The van der Waals surface area contributed by atoms with Crippen LogP contribution in [-0.2, 0) is 4.79 Å². The third kappa shape index (κ3) is 4.03. The highest BCUT2D eigenvalue weighted by Gasteiger charge is 2.48. The van der Waals surface area contributed by atoms with Crippen molar-refractivity contribution >= 4 is 53.6 Å². The van der Waals surface area contributed by atoms with Gasteiger partial charge in [0.25, 0.3) is 5.91 Å². The average Bonchev–Trinajstić information content (AvgIpc) is 2.57. The highest BCUT2D eigenvalue weighted by atomic mass is 32.1. The largest absolute Gasteiger partial charge is 0.326 e. The number of nitrogens with one attached hydrogen (secondary N) is 2. The summed E-state index contributed by atoms with van der Waals surface area (Å²) >= 11 is 4.34. The molecule has 2 N–H and O–H groups in total. The van der Waals surface area contributed by atoms with Crippen LogP contribution in [0, 0.1) is 0 Å². The first-order chi connectivity index (χ1) is 8.75. The van der Waals surface area contributed by atoms with E-state index in [1.54, 1.807) is 0 Å². The van der Waals surface area contributed by atoms with Gasteiger partial charge >= 0.3 is 6.03 Å². The van der Waals surface area contributed by atoms with Gasteiger partial charge < -0.3 is 10.6 Å². The lowest BCUT2D eigenvalue weighted by molar-refractivity contribution is -0.126. The molecule has 0 unspecified atom stereocenters. The number of rotatable bonds is 7. The summed E-state index contributed by atoms with van der Waals surface area (Å²) in [5, 5.41) is 4.90. The molecule has 1 fully saturated rings. The van der Waals surface area contributed by atoms with Crippen LogP contribution in [0.4, 0.5) is 4.79 Å². The minimum absolute atomic E-state index is 0.240. The van der Waals surface area contributed by atoms with Gasteiger partial charge in [0.15, 0.2) is 0 Å². The topological polar surface area (TPSA) is 61.4 Å². The van der Waals surface area contributed by atoms with Gasteiger partial charge in [-0.15, -0.1) is 0 Å². The fraction of sp³-hybridized carbons (Fsp3) is 0.636. The zero-order chi connectivity index (χ0) is 14.7. The molecule has 1 rings (SSSR count). The first kappa shape index (κ1) is 16.6. The van der Waals surface area contributed by atoms with Gasteiger partial charge in [-0.05, 0) is 26.8 Å². The van der Waals surface area contributed by atoms with Gasteiger partial charge in [0, 0.05) is 6.54 Å². The summed E-state index contributed by atoms with van der Waals surface area (Å²) in [4.78, 5) is 25.0. The predicted molar refractivity (Wildman–Crippen MR) is 86.7 cm³/mol. The van der Waals surface area contributed by atoms with Crippen LogP contribution in [0.1, 0.15) is 20.3 Å². The normalized spacial score (nSPS) is 24.3. The third-order valence-corrected chi connectivity index (χ3v) is 5.17. The Morgan fingerprint density at radius 3 is 2.42 bits per heavy atom. The van der Waals surface area contributed by atoms with Crippen molar-refractivity contribution in [3.05, 3.63) is 0 Å². The molecular weight excluding hydrogens is 300 g/mol. The van der Waals surface area contributed by atoms with Crippen molar-refractivity contribution in [2.24, 2.45) is 0 Å². The Morgan fingerprint density at radius 2 is 2.00 bits per heavy atom. The monoisotopic (exact) mass is 319 g/mol. The number of nitrogens with zero attached hydrogens (tertiary/aromatic N) is 1. The van der Waals surface area contributed by atoms with Crippen molar-refractivity contribution in [1.29, 1.82) is 0 Å². The summed E-state index contributed by atoms with van der Waals surface area (Å²) in [7, 11) is 1.12. The second-order valence-electron chi connectivity index (χ2n) is 4.71. The van der Waals surface area contributed by atoms with E-state index in [1.807, 2.05) is 13.8 Å². The molecule has 0 aromatic rings. The molecule has 0 aliphatic carbocycles. The van der Waals surface area contributed by atoms with Gasteiger partial charge in [0.05, 0.1) is 4.87 Å². The number of hydrogen-bond donors (Lipinski definition) is 3. The molecule has 1 aliphatic heterocycles. The Labute approximate surface area is 122 Å². The Bertz CT molecular complexity index is 401. The molecule has 106 valence electrons. The van der Waals surface area contributed by atoms with Gasteiger partial charge in [-0.2, -0.15) is 12.6 Å². The molecule has 5 nitrogen and oxygen atoms in total. The van der Waals surface area contributed by atoms with Gasteiger partial charge in [-0.1, -0.05) is 29.0 Å². The quantitative estimate of drug-likeness (QED) is 0.220. The molecule has 1 aliphatic rings. The van der Waals surface area contributed by atoms with Gasteiger partial charge in [0.2, 0.25) is 5.02 Å². The number of carbonyl (C=O) groups excluding carboxylic acids is 2. The van der Waals surface area contributed by atoms with Gasteiger partial charge in [0.1, 0.15) is 0 Å². The summed E-state index contributed by atoms with van der Waals surface area (Å²) in [6.07, 6.45) is 8.08. The van der Waals surface area contributed by atoms with Gasteiger partial charge in [-0.3, -0.25) is 9.69 Å². The van der Waals surface area contributed by atoms with E-state index in [0.29, 0.717) is 35.9 Å². The van der Waals surface area contributed by atoms with Crippen LogP contribution in [0.25, 0.3) is 0 Å². The number of hydrogen-bond acceptors (Lipinski definition) is 4. The molecular formula is C11H19N3O2P2S. The smallest absolute Gasteiger partial charge is 0.309 e. The van der Waals surface area contributed by atoms with E-state index in [4.69, 9.17) is 0 Å². The summed E-state index contributed by atoms with van der Waals surface area (Å²) in [5.41, 5.74) is 0. The van der Waals surface area contributed by atoms with Gasteiger partial charge in [-0.25, -0.2) is 4.79 Å². The maximum absolute atomic E-state index is 12.2. The highest BCUT2D eigenvalue weighted by Crippen LogP contribution is 2.37. The fourth-order valence-electron chi connectivity index (χ4n) is 1.65. The Balaban J connectivity index is 2.56. The summed E-state index contributed by atoms with van der Waals surface area (Å²) in [6, 6.07) is -0.359. The first-order valence-corrected chi connectivity index (χ1v) is 8.44. The number of amides is 3. The Morgan fingerprint density at radius 1 is 1.42 bits per heavy atom. The van der Waals surface area contributed by atoms with E-state index in [9.17, 15) is 9.59 Å². The molecule has 0 saturated carbocycles. The Kier molecular flexibility index (Phi) is 5.57. The van der Waals surface area contributed by atoms with Crippen LogP contribution in [0.5, 0.6) is 0 Å². The van der Waals surface area contributed by atoms with Crippen molar-refractivity contribution in [2.75, 3.05) is 13.1 Å². The first-order valence-electron chi connectivity index (χ1n) is 5.83. The molecule has 19 heavy (non-hydrogen) atoms. The fourth-order valence-corrected chi connectivity index (χ4v) is 3.02. The summed E-state index contributed by atoms with van der Waals surface area (Å²) in [5.74, 6) is -0.240. The third-order valence-electron chi connectivity index (χ3n) is 2.64. The van der Waals surface area contributed by atoms with E-state index >= 15 is 0 Å². The highest BCUT2D eigenvalue weighted by molar-refractivity contribution is 7.81. The van der Waals surface area contributed by atoms with Crippen LogP contribution in [0.15, 0.2) is 0 Å². The van der Waals surface area contributed by atoms with Crippen LogP contribution < -0.4 is 10.6 Å². The maximum Gasteiger partial charge on any atom is 0.326 e. The average molecular weight is 319 g/mol.